The fourth-order valence-electron chi connectivity index (χ4n) is 4.25. The minimum atomic E-state index is 0.105. The molecule has 0 unspecified atom stereocenters. The van der Waals surface area contributed by atoms with Crippen molar-refractivity contribution in [1.29, 1.82) is 0 Å². The number of rotatable bonds is 7. The first kappa shape index (κ1) is 23.2. The Hall–Kier alpha value is -3.57. The number of nitrogens with zero attached hydrogens (tertiary/aromatic N) is 8. The number of likely N-dealkylation sites (tertiary alicyclic amines) is 1. The molecular formula is C24H31N9O2. The maximum absolute atomic E-state index is 12.0. The predicted octanol–water partition coefficient (Wildman–Crippen LogP) is 1.36. The summed E-state index contributed by atoms with van der Waals surface area (Å²) in [7, 11) is 3.56. The third kappa shape index (κ3) is 5.10. The van der Waals surface area contributed by atoms with Gasteiger partial charge in [0.2, 0.25) is 11.9 Å². The normalized spacial score (nSPS) is 17.2. The fraction of sp³-hybridized carbons (Fsp3) is 0.458. The topological polar surface area (TPSA) is 104 Å². The summed E-state index contributed by atoms with van der Waals surface area (Å²) >= 11 is 0. The number of carbonyl (C=O) groups excluding carboxylic acids is 1. The second kappa shape index (κ2) is 9.96. The molecule has 35 heavy (non-hydrogen) atoms. The van der Waals surface area contributed by atoms with Gasteiger partial charge in [0, 0.05) is 40.3 Å². The van der Waals surface area contributed by atoms with Gasteiger partial charge in [-0.1, -0.05) is 29.8 Å². The van der Waals surface area contributed by atoms with E-state index in [0.717, 1.165) is 37.4 Å². The van der Waals surface area contributed by atoms with Crippen molar-refractivity contribution < 1.29 is 9.53 Å². The zero-order valence-electron chi connectivity index (χ0n) is 20.4. The molecule has 1 aromatic carbocycles. The third-order valence-corrected chi connectivity index (χ3v) is 6.32. The number of fused-ring (bicyclic) bond motifs is 1. The average molecular weight is 478 g/mol. The van der Waals surface area contributed by atoms with Crippen LogP contribution in [-0.4, -0.2) is 101 Å². The first-order valence-corrected chi connectivity index (χ1v) is 11.8. The Morgan fingerprint density at radius 1 is 1.26 bits per heavy atom. The van der Waals surface area contributed by atoms with Crippen molar-refractivity contribution >= 4 is 35.1 Å². The quantitative estimate of drug-likeness (QED) is 0.402. The summed E-state index contributed by atoms with van der Waals surface area (Å²) in [6, 6.07) is 8.33. The van der Waals surface area contributed by atoms with Gasteiger partial charge >= 0.3 is 0 Å². The number of hydrazone groups is 1. The molecule has 2 aromatic heterocycles. The third-order valence-electron chi connectivity index (χ3n) is 6.32. The summed E-state index contributed by atoms with van der Waals surface area (Å²) in [6.07, 6.45) is 3.59. The fourth-order valence-corrected chi connectivity index (χ4v) is 4.25. The number of aryl methyl sites for hydroxylation is 1. The lowest BCUT2D eigenvalue weighted by Gasteiger charge is -2.39. The SMILES string of the molecule is Cc1cccc(C=NNc2nc(N3CCOCC3)nc3c2ncn3C2CN(CC(=O)N(C)C)C2)c1. The van der Waals surface area contributed by atoms with Crippen LogP contribution in [0.1, 0.15) is 17.2 Å². The number of benzene rings is 1. The summed E-state index contributed by atoms with van der Waals surface area (Å²) in [6.45, 7) is 6.78. The van der Waals surface area contributed by atoms with Gasteiger partial charge in [0.05, 0.1) is 38.3 Å². The van der Waals surface area contributed by atoms with Gasteiger partial charge in [-0.2, -0.15) is 15.1 Å². The number of anilines is 2. The highest BCUT2D eigenvalue weighted by Gasteiger charge is 2.32. The average Bonchev–Trinajstić information content (AvgIpc) is 3.25. The van der Waals surface area contributed by atoms with Crippen molar-refractivity contribution in [2.45, 2.75) is 13.0 Å². The number of hydrogen-bond donors (Lipinski definition) is 1. The molecule has 0 radical (unpaired) electrons. The Morgan fingerprint density at radius 3 is 2.80 bits per heavy atom. The molecule has 1 amide bonds. The van der Waals surface area contributed by atoms with Gasteiger partial charge in [0.1, 0.15) is 0 Å². The van der Waals surface area contributed by atoms with Gasteiger partial charge < -0.3 is 19.1 Å². The molecule has 0 spiro atoms. The van der Waals surface area contributed by atoms with E-state index in [9.17, 15) is 4.79 Å². The molecule has 0 saturated carbocycles. The summed E-state index contributed by atoms with van der Waals surface area (Å²) in [5.41, 5.74) is 6.71. The van der Waals surface area contributed by atoms with Crippen LogP contribution in [0.2, 0.25) is 0 Å². The largest absolute Gasteiger partial charge is 0.378 e. The summed E-state index contributed by atoms with van der Waals surface area (Å²) < 4.78 is 7.60. The van der Waals surface area contributed by atoms with E-state index in [-0.39, 0.29) is 11.9 Å². The van der Waals surface area contributed by atoms with Crippen LogP contribution in [0.3, 0.4) is 0 Å². The highest BCUT2D eigenvalue weighted by Crippen LogP contribution is 2.29. The Kier molecular flexibility index (Phi) is 6.60. The summed E-state index contributed by atoms with van der Waals surface area (Å²) in [4.78, 5) is 32.2. The summed E-state index contributed by atoms with van der Waals surface area (Å²) in [5.74, 6) is 1.31. The van der Waals surface area contributed by atoms with Crippen molar-refractivity contribution in [1.82, 2.24) is 29.3 Å². The number of carbonyl (C=O) groups is 1. The molecule has 11 nitrogen and oxygen atoms in total. The Bertz CT molecular complexity index is 1230. The maximum atomic E-state index is 12.0. The standard InChI is InChI=1S/C24H31N9O2/c1-17-5-4-6-18(11-17)12-26-29-22-21-23(28-24(27-22)32-7-9-35-10-8-32)33(16-25-21)19-13-31(14-19)15-20(34)30(2)3/h4-6,11-12,16,19H,7-10,13-15H2,1-3H3,(H,27,28,29). The van der Waals surface area contributed by atoms with Crippen molar-refractivity contribution in [2.24, 2.45) is 5.10 Å². The zero-order valence-corrected chi connectivity index (χ0v) is 20.4. The second-order valence-corrected chi connectivity index (χ2v) is 9.22. The molecule has 0 bridgehead atoms. The zero-order chi connectivity index (χ0) is 24.4. The molecule has 2 aliphatic rings. The Balaban J connectivity index is 1.40. The van der Waals surface area contributed by atoms with Crippen molar-refractivity contribution in [2.75, 3.05) is 70.4 Å². The van der Waals surface area contributed by atoms with Crippen LogP contribution in [0.25, 0.3) is 11.2 Å². The molecule has 184 valence electrons. The minimum absolute atomic E-state index is 0.105. The monoisotopic (exact) mass is 477 g/mol. The first-order valence-electron chi connectivity index (χ1n) is 11.8. The lowest BCUT2D eigenvalue weighted by Crippen LogP contribution is -2.51. The number of morpholine rings is 1. The van der Waals surface area contributed by atoms with Crippen LogP contribution in [0, 0.1) is 6.92 Å². The molecule has 3 aromatic rings. The van der Waals surface area contributed by atoms with Gasteiger partial charge in [0.15, 0.2) is 17.0 Å². The highest BCUT2D eigenvalue weighted by molar-refractivity contribution is 5.86. The molecular weight excluding hydrogens is 446 g/mol. The molecule has 2 saturated heterocycles. The van der Waals surface area contributed by atoms with Gasteiger partial charge in [0.25, 0.3) is 0 Å². The highest BCUT2D eigenvalue weighted by atomic mass is 16.5. The molecule has 4 heterocycles. The van der Waals surface area contributed by atoms with E-state index >= 15 is 0 Å². The van der Waals surface area contributed by atoms with Crippen LogP contribution in [0.4, 0.5) is 11.8 Å². The molecule has 2 aliphatic heterocycles. The smallest absolute Gasteiger partial charge is 0.236 e. The number of nitrogens with one attached hydrogen (secondary N) is 1. The number of imidazole rings is 1. The number of amides is 1. The maximum Gasteiger partial charge on any atom is 0.236 e. The van der Waals surface area contributed by atoms with E-state index < -0.39 is 0 Å². The second-order valence-electron chi connectivity index (χ2n) is 9.22. The number of hydrogen-bond acceptors (Lipinski definition) is 9. The molecule has 5 rings (SSSR count). The molecule has 0 aliphatic carbocycles. The first-order chi connectivity index (χ1) is 17.0. The summed E-state index contributed by atoms with van der Waals surface area (Å²) in [5, 5.41) is 4.43. The number of likely N-dealkylation sites (N-methyl/N-ethyl adjacent to an activating group) is 1. The van der Waals surface area contributed by atoms with E-state index in [1.165, 1.54) is 5.56 Å². The number of aromatic nitrogens is 4. The van der Waals surface area contributed by atoms with E-state index in [1.54, 1.807) is 25.2 Å². The number of ether oxygens (including phenoxy) is 1. The lowest BCUT2D eigenvalue weighted by atomic mass is 10.1. The van der Waals surface area contributed by atoms with Gasteiger partial charge in [-0.15, -0.1) is 0 Å². The molecule has 2 fully saturated rings. The van der Waals surface area contributed by atoms with E-state index in [1.807, 2.05) is 18.5 Å². The van der Waals surface area contributed by atoms with Crippen LogP contribution < -0.4 is 10.3 Å². The van der Waals surface area contributed by atoms with E-state index in [4.69, 9.17) is 14.7 Å². The Labute approximate surface area is 204 Å². The van der Waals surface area contributed by atoms with Crippen LogP contribution in [0.15, 0.2) is 35.7 Å². The van der Waals surface area contributed by atoms with Crippen LogP contribution >= 0.6 is 0 Å². The molecule has 0 atom stereocenters. The lowest BCUT2D eigenvalue weighted by molar-refractivity contribution is -0.131. The van der Waals surface area contributed by atoms with Crippen molar-refractivity contribution in [3.05, 3.63) is 41.7 Å². The van der Waals surface area contributed by atoms with E-state index in [2.05, 4.69) is 48.9 Å². The van der Waals surface area contributed by atoms with E-state index in [0.29, 0.717) is 37.0 Å². The predicted molar refractivity (Wildman–Crippen MR) is 135 cm³/mol. The molecule has 1 N–H and O–H groups in total. The van der Waals surface area contributed by atoms with Gasteiger partial charge in [-0.25, -0.2) is 4.98 Å². The van der Waals surface area contributed by atoms with Crippen molar-refractivity contribution in [3.8, 4) is 0 Å². The van der Waals surface area contributed by atoms with Gasteiger partial charge in [-0.05, 0) is 12.5 Å². The van der Waals surface area contributed by atoms with Crippen LogP contribution in [-0.2, 0) is 9.53 Å². The van der Waals surface area contributed by atoms with Crippen LogP contribution in [0.5, 0.6) is 0 Å². The molecule has 11 heteroatoms. The van der Waals surface area contributed by atoms with Crippen molar-refractivity contribution in [3.63, 3.8) is 0 Å². The Morgan fingerprint density at radius 2 is 2.06 bits per heavy atom. The van der Waals surface area contributed by atoms with Gasteiger partial charge in [-0.3, -0.25) is 15.1 Å². The minimum Gasteiger partial charge on any atom is -0.378 e.